The molecule has 1 fully saturated rings. The van der Waals surface area contributed by atoms with Crippen LogP contribution < -0.4 is 5.32 Å². The van der Waals surface area contributed by atoms with Crippen LogP contribution in [0.25, 0.3) is 6.08 Å². The van der Waals surface area contributed by atoms with Crippen molar-refractivity contribution in [2.75, 3.05) is 0 Å². The van der Waals surface area contributed by atoms with Crippen molar-refractivity contribution in [2.45, 2.75) is 50.6 Å². The van der Waals surface area contributed by atoms with E-state index in [0.29, 0.717) is 6.04 Å². The normalized spacial score (nSPS) is 22.8. The largest absolute Gasteiger partial charge is 0.303 e. The van der Waals surface area contributed by atoms with E-state index in [9.17, 15) is 4.79 Å². The maximum absolute atomic E-state index is 13.0. The minimum atomic E-state index is 0.0204. The molecule has 0 saturated heterocycles. The summed E-state index contributed by atoms with van der Waals surface area (Å²) in [5.74, 6) is 0.172. The van der Waals surface area contributed by atoms with E-state index in [1.165, 1.54) is 38.5 Å². The van der Waals surface area contributed by atoms with Gasteiger partial charge in [-0.3, -0.25) is 4.79 Å². The summed E-state index contributed by atoms with van der Waals surface area (Å²) in [5.41, 5.74) is 3.97. The van der Waals surface area contributed by atoms with Gasteiger partial charge >= 0.3 is 0 Å². The molecule has 1 atom stereocenters. The first kappa shape index (κ1) is 16.3. The SMILES string of the molecule is O=C1/C(=C/c2ccccc2)C(NC2CCCCCC2)c2ccccc21. The molecular weight excluding hydrogens is 306 g/mol. The summed E-state index contributed by atoms with van der Waals surface area (Å²) < 4.78 is 0. The van der Waals surface area contributed by atoms with Crippen LogP contribution in [0.5, 0.6) is 0 Å². The Bertz CT molecular complexity index is 770. The van der Waals surface area contributed by atoms with Crippen molar-refractivity contribution in [2.24, 2.45) is 0 Å². The lowest BCUT2D eigenvalue weighted by atomic mass is 10.0. The second kappa shape index (κ2) is 7.37. The summed E-state index contributed by atoms with van der Waals surface area (Å²) in [7, 11) is 0. The van der Waals surface area contributed by atoms with E-state index in [2.05, 4.69) is 29.6 Å². The van der Waals surface area contributed by atoms with Gasteiger partial charge in [-0.05, 0) is 30.0 Å². The third-order valence-electron chi connectivity index (χ3n) is 5.47. The minimum absolute atomic E-state index is 0.0204. The fourth-order valence-corrected chi connectivity index (χ4v) is 4.15. The Labute approximate surface area is 150 Å². The number of hydrogen-bond donors (Lipinski definition) is 1. The maximum atomic E-state index is 13.0. The molecule has 4 rings (SSSR count). The number of hydrogen-bond acceptors (Lipinski definition) is 2. The second-order valence-electron chi connectivity index (χ2n) is 7.21. The van der Waals surface area contributed by atoms with Gasteiger partial charge in [-0.15, -0.1) is 0 Å². The van der Waals surface area contributed by atoms with Gasteiger partial charge in [0.2, 0.25) is 0 Å². The van der Waals surface area contributed by atoms with Gasteiger partial charge in [0, 0.05) is 17.2 Å². The number of carbonyl (C=O) groups is 1. The lowest BCUT2D eigenvalue weighted by Crippen LogP contribution is -2.32. The summed E-state index contributed by atoms with van der Waals surface area (Å²) in [6, 6.07) is 18.8. The highest BCUT2D eigenvalue weighted by Gasteiger charge is 2.35. The first-order valence-electron chi connectivity index (χ1n) is 9.49. The average Bonchev–Trinajstić information content (AvgIpc) is 2.83. The van der Waals surface area contributed by atoms with Gasteiger partial charge < -0.3 is 5.32 Å². The molecule has 128 valence electrons. The van der Waals surface area contributed by atoms with E-state index >= 15 is 0 Å². The lowest BCUT2D eigenvalue weighted by Gasteiger charge is -2.23. The molecule has 2 aromatic carbocycles. The van der Waals surface area contributed by atoms with Gasteiger partial charge in [-0.25, -0.2) is 0 Å². The predicted molar refractivity (Wildman–Crippen MR) is 103 cm³/mol. The van der Waals surface area contributed by atoms with Crippen LogP contribution in [0.4, 0.5) is 0 Å². The lowest BCUT2D eigenvalue weighted by molar-refractivity contribution is 0.103. The number of nitrogens with one attached hydrogen (secondary N) is 1. The fraction of sp³-hybridized carbons (Fsp3) is 0.348. The zero-order valence-corrected chi connectivity index (χ0v) is 14.6. The van der Waals surface area contributed by atoms with Crippen molar-refractivity contribution >= 4 is 11.9 Å². The van der Waals surface area contributed by atoms with Crippen molar-refractivity contribution in [1.29, 1.82) is 0 Å². The Hall–Kier alpha value is -2.19. The van der Waals surface area contributed by atoms with Crippen molar-refractivity contribution in [3.8, 4) is 0 Å². The Morgan fingerprint density at radius 2 is 1.52 bits per heavy atom. The highest BCUT2D eigenvalue weighted by Crippen LogP contribution is 2.37. The molecule has 0 bridgehead atoms. The molecule has 0 heterocycles. The molecule has 25 heavy (non-hydrogen) atoms. The monoisotopic (exact) mass is 331 g/mol. The number of carbonyl (C=O) groups excluding carboxylic acids is 1. The van der Waals surface area contributed by atoms with Gasteiger partial charge in [0.25, 0.3) is 0 Å². The standard InChI is InChI=1S/C23H25NO/c25-23-20-15-9-8-14-19(20)22(24-18-12-6-1-2-7-13-18)21(23)16-17-10-4-3-5-11-17/h3-5,8-11,14-16,18,22,24H,1-2,6-7,12-13H2/b21-16+. The molecule has 2 aliphatic carbocycles. The molecule has 0 spiro atoms. The van der Waals surface area contributed by atoms with Crippen molar-refractivity contribution in [3.05, 3.63) is 76.9 Å². The minimum Gasteiger partial charge on any atom is -0.303 e. The van der Waals surface area contributed by atoms with E-state index in [0.717, 1.165) is 22.3 Å². The Balaban J connectivity index is 1.68. The summed E-state index contributed by atoms with van der Waals surface area (Å²) in [6.45, 7) is 0. The van der Waals surface area contributed by atoms with Crippen LogP contribution in [-0.4, -0.2) is 11.8 Å². The smallest absolute Gasteiger partial charge is 0.191 e. The van der Waals surface area contributed by atoms with Gasteiger partial charge in [0.05, 0.1) is 6.04 Å². The summed E-state index contributed by atoms with van der Waals surface area (Å²) in [5, 5.41) is 3.83. The molecule has 1 saturated carbocycles. The molecule has 0 radical (unpaired) electrons. The zero-order valence-electron chi connectivity index (χ0n) is 14.6. The van der Waals surface area contributed by atoms with Crippen molar-refractivity contribution < 1.29 is 4.79 Å². The van der Waals surface area contributed by atoms with Crippen LogP contribution in [0.1, 0.15) is 66.1 Å². The van der Waals surface area contributed by atoms with Crippen LogP contribution in [0, 0.1) is 0 Å². The molecule has 1 unspecified atom stereocenters. The number of ketones is 1. The van der Waals surface area contributed by atoms with Gasteiger partial charge in [-0.1, -0.05) is 80.3 Å². The molecule has 1 N–H and O–H groups in total. The predicted octanol–water partition coefficient (Wildman–Crippen LogP) is 5.32. The summed E-state index contributed by atoms with van der Waals surface area (Å²) >= 11 is 0. The van der Waals surface area contributed by atoms with Crippen molar-refractivity contribution in [1.82, 2.24) is 5.32 Å². The molecule has 2 aromatic rings. The number of rotatable bonds is 3. The Morgan fingerprint density at radius 1 is 0.840 bits per heavy atom. The first-order chi connectivity index (χ1) is 12.3. The quantitative estimate of drug-likeness (QED) is 0.609. The van der Waals surface area contributed by atoms with E-state index in [-0.39, 0.29) is 11.8 Å². The number of benzene rings is 2. The van der Waals surface area contributed by atoms with E-state index in [1.807, 2.05) is 36.4 Å². The van der Waals surface area contributed by atoms with Crippen LogP contribution in [0.2, 0.25) is 0 Å². The Morgan fingerprint density at radius 3 is 2.28 bits per heavy atom. The van der Waals surface area contributed by atoms with Gasteiger partial charge in [-0.2, -0.15) is 0 Å². The van der Waals surface area contributed by atoms with E-state index < -0.39 is 0 Å². The number of fused-ring (bicyclic) bond motifs is 1. The highest BCUT2D eigenvalue weighted by molar-refractivity contribution is 6.16. The summed E-state index contributed by atoms with van der Waals surface area (Å²) in [6.07, 6.45) is 9.75. The highest BCUT2D eigenvalue weighted by atomic mass is 16.1. The third kappa shape index (κ3) is 3.45. The van der Waals surface area contributed by atoms with Gasteiger partial charge in [0.1, 0.15) is 0 Å². The molecule has 2 aliphatic rings. The number of Topliss-reactive ketones (excluding diaryl/α,β-unsaturated/α-hetero) is 1. The van der Waals surface area contributed by atoms with E-state index in [1.54, 1.807) is 0 Å². The van der Waals surface area contributed by atoms with Crippen LogP contribution in [0.15, 0.2) is 60.2 Å². The molecular formula is C23H25NO. The molecule has 0 aliphatic heterocycles. The van der Waals surface area contributed by atoms with Crippen LogP contribution in [-0.2, 0) is 0 Å². The van der Waals surface area contributed by atoms with Crippen molar-refractivity contribution in [3.63, 3.8) is 0 Å². The van der Waals surface area contributed by atoms with Crippen LogP contribution >= 0.6 is 0 Å². The van der Waals surface area contributed by atoms with Gasteiger partial charge in [0.15, 0.2) is 5.78 Å². The van der Waals surface area contributed by atoms with E-state index in [4.69, 9.17) is 0 Å². The maximum Gasteiger partial charge on any atom is 0.191 e. The van der Waals surface area contributed by atoms with Crippen LogP contribution in [0.3, 0.4) is 0 Å². The molecule has 0 amide bonds. The average molecular weight is 331 g/mol. The fourth-order valence-electron chi connectivity index (χ4n) is 4.15. The summed E-state index contributed by atoms with van der Waals surface area (Å²) in [4.78, 5) is 13.0. The Kier molecular flexibility index (Phi) is 4.80. The molecule has 2 nitrogen and oxygen atoms in total. The second-order valence-corrected chi connectivity index (χ2v) is 7.21. The third-order valence-corrected chi connectivity index (χ3v) is 5.47. The molecule has 0 aromatic heterocycles. The first-order valence-corrected chi connectivity index (χ1v) is 9.49. The topological polar surface area (TPSA) is 29.1 Å². The zero-order chi connectivity index (χ0) is 17.1. The molecule has 2 heteroatoms.